The minimum atomic E-state index is -0.00814. The van der Waals surface area contributed by atoms with Gasteiger partial charge in [-0.05, 0) is 7.05 Å². The molecule has 0 spiro atoms. The van der Waals surface area contributed by atoms with Crippen LogP contribution in [0.2, 0.25) is 0 Å². The van der Waals surface area contributed by atoms with Crippen molar-refractivity contribution in [3.63, 3.8) is 0 Å². The van der Waals surface area contributed by atoms with Crippen LogP contribution in [0.15, 0.2) is 0 Å². The van der Waals surface area contributed by atoms with Gasteiger partial charge in [-0.2, -0.15) is 0 Å². The quantitative estimate of drug-likeness (QED) is 0.192. The summed E-state index contributed by atoms with van der Waals surface area (Å²) in [6.07, 6.45) is 0. The molecule has 0 aromatic carbocycles. The van der Waals surface area contributed by atoms with Gasteiger partial charge in [-0.3, -0.25) is 4.79 Å². The lowest BCUT2D eigenvalue weighted by atomic mass is 10.4. The molecule has 0 aliphatic rings. The smallest absolute Gasteiger partial charge is 0.234 e. The van der Waals surface area contributed by atoms with Gasteiger partial charge in [-0.25, -0.2) is 0 Å². The van der Waals surface area contributed by atoms with Crippen molar-refractivity contribution in [3.8, 4) is 0 Å². The Bertz CT molecular complexity index is 323. The summed E-state index contributed by atoms with van der Waals surface area (Å²) in [5.74, 6) is -0.00814. The molecule has 0 atom stereocenters. The van der Waals surface area contributed by atoms with Gasteiger partial charge in [0.1, 0.15) is 0 Å². The molecule has 0 unspecified atom stereocenters. The molecule has 0 fully saturated rings. The Balaban J connectivity index is 0. The molecule has 0 aliphatic heterocycles. The summed E-state index contributed by atoms with van der Waals surface area (Å²) in [5.41, 5.74) is 0. The van der Waals surface area contributed by atoms with E-state index in [1.165, 1.54) is 0 Å². The zero-order valence-corrected chi connectivity index (χ0v) is 19.3. The van der Waals surface area contributed by atoms with E-state index in [4.69, 9.17) is 18.9 Å². The third kappa shape index (κ3) is 29.5. The van der Waals surface area contributed by atoms with Crippen molar-refractivity contribution in [2.24, 2.45) is 0 Å². The summed E-state index contributed by atoms with van der Waals surface area (Å²) in [7, 11) is 1.85. The fourth-order valence-electron chi connectivity index (χ4n) is 1.92. The summed E-state index contributed by atoms with van der Waals surface area (Å²) in [4.78, 5) is 11.4. The molecule has 0 aromatic rings. The molecule has 9 heteroatoms. The van der Waals surface area contributed by atoms with E-state index in [2.05, 4.69) is 35.1 Å². The van der Waals surface area contributed by atoms with Crippen LogP contribution in [0.3, 0.4) is 0 Å². The standard InChI is InChI=1S/C18H40N4O5.C2H6/c1-17(2)21-7-9-25-11-13-27-15-14-26-12-10-24-8-6-20-16-18(23)22-5-4-19-3;1-2/h17,19-21H,4-16H2,1-3H3,(H,22,23);1-2H3. The first-order chi connectivity index (χ1) is 14.2. The minimum Gasteiger partial charge on any atom is -0.378 e. The van der Waals surface area contributed by atoms with E-state index in [1.54, 1.807) is 0 Å². The number of carbonyl (C=O) groups is 1. The number of rotatable bonds is 21. The lowest BCUT2D eigenvalue weighted by molar-refractivity contribution is -0.120. The van der Waals surface area contributed by atoms with Crippen LogP contribution in [0.5, 0.6) is 0 Å². The fourth-order valence-corrected chi connectivity index (χ4v) is 1.92. The monoisotopic (exact) mass is 422 g/mol. The van der Waals surface area contributed by atoms with Crippen LogP contribution in [-0.4, -0.2) is 105 Å². The summed E-state index contributed by atoms with van der Waals surface area (Å²) >= 11 is 0. The second-order valence-electron chi connectivity index (χ2n) is 6.19. The van der Waals surface area contributed by atoms with Gasteiger partial charge in [0.2, 0.25) is 5.91 Å². The Morgan fingerprint density at radius 2 is 1.21 bits per heavy atom. The molecule has 0 aliphatic carbocycles. The van der Waals surface area contributed by atoms with Crippen molar-refractivity contribution in [2.45, 2.75) is 33.7 Å². The van der Waals surface area contributed by atoms with Gasteiger partial charge in [-0.1, -0.05) is 27.7 Å². The molecular weight excluding hydrogens is 376 g/mol. The van der Waals surface area contributed by atoms with Gasteiger partial charge in [0.05, 0.1) is 59.4 Å². The normalized spacial score (nSPS) is 10.7. The zero-order chi connectivity index (χ0) is 22.0. The number of amides is 1. The van der Waals surface area contributed by atoms with Crippen LogP contribution in [-0.2, 0) is 23.7 Å². The Labute approximate surface area is 177 Å². The molecule has 0 bridgehead atoms. The highest BCUT2D eigenvalue weighted by molar-refractivity contribution is 5.77. The van der Waals surface area contributed by atoms with Crippen molar-refractivity contribution >= 4 is 5.91 Å². The van der Waals surface area contributed by atoms with Crippen molar-refractivity contribution in [1.82, 2.24) is 21.3 Å². The van der Waals surface area contributed by atoms with Gasteiger partial charge in [0.15, 0.2) is 0 Å². The Morgan fingerprint density at radius 1 is 0.724 bits per heavy atom. The lowest BCUT2D eigenvalue weighted by Crippen LogP contribution is -2.38. The number of ether oxygens (including phenoxy) is 4. The van der Waals surface area contributed by atoms with E-state index in [0.29, 0.717) is 78.5 Å². The van der Waals surface area contributed by atoms with Crippen LogP contribution in [0, 0.1) is 0 Å². The first-order valence-electron chi connectivity index (χ1n) is 10.8. The lowest BCUT2D eigenvalue weighted by Gasteiger charge is -2.09. The van der Waals surface area contributed by atoms with Crippen LogP contribution in [0.1, 0.15) is 27.7 Å². The Hall–Kier alpha value is -0.810. The van der Waals surface area contributed by atoms with Crippen molar-refractivity contribution in [3.05, 3.63) is 0 Å². The largest absolute Gasteiger partial charge is 0.378 e. The first-order valence-corrected chi connectivity index (χ1v) is 10.8. The molecule has 0 aromatic heterocycles. The van der Waals surface area contributed by atoms with E-state index in [0.717, 1.165) is 13.1 Å². The van der Waals surface area contributed by atoms with Crippen molar-refractivity contribution in [2.75, 3.05) is 92.6 Å². The van der Waals surface area contributed by atoms with E-state index in [9.17, 15) is 4.79 Å². The average Bonchev–Trinajstić information content (AvgIpc) is 2.71. The Kier molecular flexibility index (Phi) is 28.5. The highest BCUT2D eigenvalue weighted by Gasteiger charge is 1.99. The Morgan fingerprint density at radius 3 is 1.69 bits per heavy atom. The fraction of sp³-hybridized carbons (Fsp3) is 0.950. The molecule has 4 N–H and O–H groups in total. The second kappa shape index (κ2) is 27.2. The summed E-state index contributed by atoms with van der Waals surface area (Å²) < 4.78 is 21.7. The molecule has 29 heavy (non-hydrogen) atoms. The number of nitrogens with one attached hydrogen (secondary N) is 4. The number of likely N-dealkylation sites (N-methyl/N-ethyl adjacent to an activating group) is 1. The van der Waals surface area contributed by atoms with E-state index < -0.39 is 0 Å². The molecule has 1 amide bonds. The van der Waals surface area contributed by atoms with Gasteiger partial charge >= 0.3 is 0 Å². The van der Waals surface area contributed by atoms with Gasteiger partial charge < -0.3 is 40.2 Å². The predicted molar refractivity (Wildman–Crippen MR) is 118 cm³/mol. The zero-order valence-electron chi connectivity index (χ0n) is 19.3. The maximum Gasteiger partial charge on any atom is 0.234 e. The molecular formula is C20H46N4O5. The van der Waals surface area contributed by atoms with E-state index >= 15 is 0 Å². The SMILES string of the molecule is CC.CNCCNC(=O)CNCCOCCOCCOCCOCCNC(C)C. The highest BCUT2D eigenvalue weighted by Crippen LogP contribution is 1.83. The van der Waals surface area contributed by atoms with Crippen molar-refractivity contribution < 1.29 is 23.7 Å². The molecule has 0 saturated heterocycles. The maximum absolute atomic E-state index is 11.4. The maximum atomic E-state index is 11.4. The predicted octanol–water partition coefficient (Wildman–Crippen LogP) is 0.00220. The average molecular weight is 423 g/mol. The molecule has 9 nitrogen and oxygen atoms in total. The van der Waals surface area contributed by atoms with E-state index in [-0.39, 0.29) is 5.91 Å². The summed E-state index contributed by atoms with van der Waals surface area (Å²) in [6.45, 7) is 16.0. The highest BCUT2D eigenvalue weighted by atomic mass is 16.6. The van der Waals surface area contributed by atoms with E-state index in [1.807, 2.05) is 20.9 Å². The van der Waals surface area contributed by atoms with Gasteiger partial charge in [0, 0.05) is 32.2 Å². The van der Waals surface area contributed by atoms with Crippen LogP contribution in [0.4, 0.5) is 0 Å². The van der Waals surface area contributed by atoms with Crippen LogP contribution in [0.25, 0.3) is 0 Å². The second-order valence-corrected chi connectivity index (χ2v) is 6.19. The van der Waals surface area contributed by atoms with Gasteiger partial charge in [-0.15, -0.1) is 0 Å². The number of hydrogen-bond donors (Lipinski definition) is 4. The summed E-state index contributed by atoms with van der Waals surface area (Å²) in [6, 6.07) is 0.488. The first kappa shape index (κ1) is 30.4. The van der Waals surface area contributed by atoms with Crippen LogP contribution < -0.4 is 21.3 Å². The molecule has 176 valence electrons. The molecule has 0 rings (SSSR count). The minimum absolute atomic E-state index is 0.00814. The van der Waals surface area contributed by atoms with Crippen LogP contribution >= 0.6 is 0 Å². The number of carbonyl (C=O) groups excluding carboxylic acids is 1. The molecule has 0 radical (unpaired) electrons. The third-order valence-electron chi connectivity index (χ3n) is 3.32. The summed E-state index contributed by atoms with van der Waals surface area (Å²) in [5, 5.41) is 12.1. The van der Waals surface area contributed by atoms with Gasteiger partial charge in [0.25, 0.3) is 0 Å². The molecule has 0 saturated carbocycles. The third-order valence-corrected chi connectivity index (χ3v) is 3.32. The number of hydrogen-bond acceptors (Lipinski definition) is 8. The topological polar surface area (TPSA) is 102 Å². The molecule has 0 heterocycles. The van der Waals surface area contributed by atoms with Crippen molar-refractivity contribution in [1.29, 1.82) is 0 Å².